The van der Waals surface area contributed by atoms with Crippen molar-refractivity contribution in [3.63, 3.8) is 0 Å². The first-order chi connectivity index (χ1) is 10.8. The standard InChI is InChI=1S/C15H24N4O3S/c1-15(2,3)22-14(21)18-11-4-8-19(9-5-11)12(20)10-23-13-16-6-7-17-13/h6-7,11H,4-5,8-10H2,1-3H3,(H,16,17)(H,18,21). The van der Waals surface area contributed by atoms with Gasteiger partial charge in [-0.05, 0) is 33.6 Å². The molecule has 0 radical (unpaired) electrons. The van der Waals surface area contributed by atoms with E-state index in [9.17, 15) is 9.59 Å². The minimum Gasteiger partial charge on any atom is -0.444 e. The van der Waals surface area contributed by atoms with Crippen LogP contribution in [0.4, 0.5) is 4.79 Å². The topological polar surface area (TPSA) is 87.3 Å². The van der Waals surface area contributed by atoms with Crippen molar-refractivity contribution in [3.05, 3.63) is 12.4 Å². The fourth-order valence-electron chi connectivity index (χ4n) is 2.30. The molecule has 2 N–H and O–H groups in total. The van der Waals surface area contributed by atoms with Gasteiger partial charge in [-0.3, -0.25) is 4.79 Å². The Balaban J connectivity index is 1.69. The zero-order valence-corrected chi connectivity index (χ0v) is 14.6. The summed E-state index contributed by atoms with van der Waals surface area (Å²) in [4.78, 5) is 32.8. The lowest BCUT2D eigenvalue weighted by molar-refractivity contribution is -0.129. The number of aromatic nitrogens is 2. The number of hydrogen-bond acceptors (Lipinski definition) is 5. The number of imidazole rings is 1. The smallest absolute Gasteiger partial charge is 0.407 e. The van der Waals surface area contributed by atoms with E-state index in [0.29, 0.717) is 18.8 Å². The number of aromatic amines is 1. The van der Waals surface area contributed by atoms with E-state index in [4.69, 9.17) is 4.74 Å². The summed E-state index contributed by atoms with van der Waals surface area (Å²) < 4.78 is 5.25. The number of nitrogens with one attached hydrogen (secondary N) is 2. The molecule has 1 aliphatic heterocycles. The number of alkyl carbamates (subject to hydrolysis) is 1. The van der Waals surface area contributed by atoms with Gasteiger partial charge in [-0.25, -0.2) is 9.78 Å². The molecule has 128 valence electrons. The van der Waals surface area contributed by atoms with Crippen LogP contribution in [-0.2, 0) is 9.53 Å². The molecule has 0 unspecified atom stereocenters. The molecule has 7 nitrogen and oxygen atoms in total. The van der Waals surface area contributed by atoms with Crippen LogP contribution in [0.3, 0.4) is 0 Å². The van der Waals surface area contributed by atoms with Crippen molar-refractivity contribution in [2.75, 3.05) is 18.8 Å². The van der Waals surface area contributed by atoms with E-state index in [1.807, 2.05) is 25.7 Å². The molecule has 0 atom stereocenters. The number of ether oxygens (including phenoxy) is 1. The van der Waals surface area contributed by atoms with E-state index >= 15 is 0 Å². The minimum absolute atomic E-state index is 0.0617. The molecule has 2 heterocycles. The molecule has 2 amide bonds. The lowest BCUT2D eigenvalue weighted by Gasteiger charge is -2.32. The van der Waals surface area contributed by atoms with Crippen molar-refractivity contribution in [1.29, 1.82) is 0 Å². The van der Waals surface area contributed by atoms with E-state index in [1.54, 1.807) is 12.4 Å². The van der Waals surface area contributed by atoms with Crippen molar-refractivity contribution in [1.82, 2.24) is 20.2 Å². The van der Waals surface area contributed by atoms with Crippen LogP contribution in [0.15, 0.2) is 17.6 Å². The summed E-state index contributed by atoms with van der Waals surface area (Å²) in [5.41, 5.74) is -0.496. The molecule has 23 heavy (non-hydrogen) atoms. The number of hydrogen-bond donors (Lipinski definition) is 2. The van der Waals surface area contributed by atoms with Crippen LogP contribution < -0.4 is 5.32 Å². The van der Waals surface area contributed by atoms with Gasteiger partial charge in [0.1, 0.15) is 5.60 Å². The van der Waals surface area contributed by atoms with Crippen molar-refractivity contribution >= 4 is 23.8 Å². The maximum atomic E-state index is 12.2. The Hall–Kier alpha value is -1.70. The Bertz CT molecular complexity index is 519. The first-order valence-electron chi connectivity index (χ1n) is 7.73. The van der Waals surface area contributed by atoms with Crippen molar-refractivity contribution in [2.45, 2.75) is 50.4 Å². The Morgan fingerprint density at radius 2 is 2.13 bits per heavy atom. The largest absolute Gasteiger partial charge is 0.444 e. The number of nitrogens with zero attached hydrogens (tertiary/aromatic N) is 2. The van der Waals surface area contributed by atoms with Crippen molar-refractivity contribution < 1.29 is 14.3 Å². The summed E-state index contributed by atoms with van der Waals surface area (Å²) in [6, 6.07) is 0.0617. The van der Waals surface area contributed by atoms with Gasteiger partial charge in [0, 0.05) is 31.5 Å². The Labute approximate surface area is 140 Å². The van der Waals surface area contributed by atoms with Crippen LogP contribution in [0.1, 0.15) is 33.6 Å². The summed E-state index contributed by atoms with van der Waals surface area (Å²) in [5, 5.41) is 3.62. The van der Waals surface area contributed by atoms with Crippen LogP contribution in [0.5, 0.6) is 0 Å². The van der Waals surface area contributed by atoms with Crippen molar-refractivity contribution in [2.24, 2.45) is 0 Å². The van der Waals surface area contributed by atoms with E-state index < -0.39 is 11.7 Å². The van der Waals surface area contributed by atoms with Crippen molar-refractivity contribution in [3.8, 4) is 0 Å². The fourth-order valence-corrected chi connectivity index (χ4v) is 3.03. The SMILES string of the molecule is CC(C)(C)OC(=O)NC1CCN(C(=O)CSc2ncc[nH]2)CC1. The first-order valence-corrected chi connectivity index (χ1v) is 8.71. The van der Waals surface area contributed by atoms with E-state index in [2.05, 4.69) is 15.3 Å². The summed E-state index contributed by atoms with van der Waals surface area (Å²) in [6.07, 6.45) is 4.50. The second-order valence-electron chi connectivity index (χ2n) is 6.48. The number of rotatable bonds is 4. The molecule has 1 aromatic rings. The molecule has 1 fully saturated rings. The van der Waals surface area contributed by atoms with E-state index in [0.717, 1.165) is 18.0 Å². The number of carbonyl (C=O) groups excluding carboxylic acids is 2. The third-order valence-corrected chi connectivity index (χ3v) is 4.26. The highest BCUT2D eigenvalue weighted by Crippen LogP contribution is 2.16. The number of piperidine rings is 1. The van der Waals surface area contributed by atoms with Gasteiger partial charge in [0.15, 0.2) is 5.16 Å². The van der Waals surface area contributed by atoms with Crippen LogP contribution >= 0.6 is 11.8 Å². The average molecular weight is 340 g/mol. The van der Waals surface area contributed by atoms with Gasteiger partial charge in [-0.15, -0.1) is 0 Å². The van der Waals surface area contributed by atoms with Gasteiger partial charge < -0.3 is 19.9 Å². The molecule has 2 rings (SSSR count). The molecule has 0 bridgehead atoms. The van der Waals surface area contributed by atoms with Crippen LogP contribution in [0, 0.1) is 0 Å². The highest BCUT2D eigenvalue weighted by molar-refractivity contribution is 7.99. The Morgan fingerprint density at radius 3 is 2.70 bits per heavy atom. The number of H-pyrrole nitrogens is 1. The minimum atomic E-state index is -0.496. The van der Waals surface area contributed by atoms with Crippen LogP contribution in [0.2, 0.25) is 0 Å². The molecule has 0 saturated carbocycles. The molecular weight excluding hydrogens is 316 g/mol. The highest BCUT2D eigenvalue weighted by Gasteiger charge is 2.25. The average Bonchev–Trinajstić information content (AvgIpc) is 2.96. The predicted octanol–water partition coefficient (Wildman–Crippen LogP) is 2.02. The quantitative estimate of drug-likeness (QED) is 0.819. The summed E-state index contributed by atoms with van der Waals surface area (Å²) in [7, 11) is 0. The number of amides is 2. The molecule has 0 aromatic carbocycles. The molecule has 8 heteroatoms. The Kier molecular flexibility index (Phi) is 5.92. The zero-order chi connectivity index (χ0) is 16.9. The van der Waals surface area contributed by atoms with Gasteiger partial charge in [0.2, 0.25) is 5.91 Å². The molecule has 1 aliphatic rings. The summed E-state index contributed by atoms with van der Waals surface area (Å²) in [6.45, 7) is 6.82. The third kappa shape index (κ3) is 6.13. The highest BCUT2D eigenvalue weighted by atomic mass is 32.2. The van der Waals surface area contributed by atoms with Gasteiger partial charge in [-0.2, -0.15) is 0 Å². The van der Waals surface area contributed by atoms with Gasteiger partial charge in [0.05, 0.1) is 5.75 Å². The lowest BCUT2D eigenvalue weighted by atomic mass is 10.1. The molecule has 0 aliphatic carbocycles. The Morgan fingerprint density at radius 1 is 1.43 bits per heavy atom. The summed E-state index contributed by atoms with van der Waals surface area (Å²) >= 11 is 1.40. The third-order valence-electron chi connectivity index (χ3n) is 3.37. The fraction of sp³-hybridized carbons (Fsp3) is 0.667. The maximum absolute atomic E-state index is 12.2. The van der Waals surface area contributed by atoms with Gasteiger partial charge >= 0.3 is 6.09 Å². The molecule has 1 saturated heterocycles. The van der Waals surface area contributed by atoms with E-state index in [-0.39, 0.29) is 11.9 Å². The number of thioether (sulfide) groups is 1. The molecule has 1 aromatic heterocycles. The van der Waals surface area contributed by atoms with E-state index in [1.165, 1.54) is 11.8 Å². The van der Waals surface area contributed by atoms with Gasteiger partial charge in [0.25, 0.3) is 0 Å². The lowest BCUT2D eigenvalue weighted by Crippen LogP contribution is -2.48. The summed E-state index contributed by atoms with van der Waals surface area (Å²) in [5.74, 6) is 0.472. The predicted molar refractivity (Wildman–Crippen MR) is 88.3 cm³/mol. The molecule has 0 spiro atoms. The van der Waals surface area contributed by atoms with Gasteiger partial charge in [-0.1, -0.05) is 11.8 Å². The maximum Gasteiger partial charge on any atom is 0.407 e. The second kappa shape index (κ2) is 7.72. The zero-order valence-electron chi connectivity index (χ0n) is 13.8. The number of likely N-dealkylation sites (tertiary alicyclic amines) is 1. The second-order valence-corrected chi connectivity index (χ2v) is 7.45. The monoisotopic (exact) mass is 340 g/mol. The number of carbonyl (C=O) groups is 2. The van der Waals surface area contributed by atoms with Crippen LogP contribution in [-0.4, -0.2) is 57.4 Å². The normalized spacial score (nSPS) is 16.2. The molecular formula is C15H24N4O3S. The van der Waals surface area contributed by atoms with Crippen LogP contribution in [0.25, 0.3) is 0 Å². The first kappa shape index (κ1) is 17.7.